The van der Waals surface area contributed by atoms with E-state index in [2.05, 4.69) is 6.07 Å². The largest absolute Gasteiger partial charge is 0.494 e. The Morgan fingerprint density at radius 3 is 2.38 bits per heavy atom. The lowest BCUT2D eigenvalue weighted by atomic mass is 10.3. The van der Waals surface area contributed by atoms with Crippen molar-refractivity contribution in [1.29, 1.82) is 0 Å². The van der Waals surface area contributed by atoms with Crippen LogP contribution in [0.3, 0.4) is 0 Å². The van der Waals surface area contributed by atoms with E-state index in [9.17, 15) is 0 Å². The second-order valence-corrected chi connectivity index (χ2v) is 3.23. The zero-order valence-electron chi connectivity index (χ0n) is 9.14. The first kappa shape index (κ1) is 10.6. The fraction of sp³-hybridized carbons (Fsp3) is 0.143. The van der Waals surface area contributed by atoms with E-state index < -0.39 is 0 Å². The zero-order valence-corrected chi connectivity index (χ0v) is 9.14. The summed E-state index contributed by atoms with van der Waals surface area (Å²) < 4.78 is 10.9. The van der Waals surface area contributed by atoms with Gasteiger partial charge < -0.3 is 9.47 Å². The average molecular weight is 213 g/mol. The van der Waals surface area contributed by atoms with Gasteiger partial charge in [-0.2, -0.15) is 0 Å². The van der Waals surface area contributed by atoms with Gasteiger partial charge in [-0.1, -0.05) is 18.2 Å². The van der Waals surface area contributed by atoms with Crippen molar-refractivity contribution in [3.8, 4) is 17.2 Å². The van der Waals surface area contributed by atoms with Gasteiger partial charge >= 0.3 is 0 Å². The van der Waals surface area contributed by atoms with Gasteiger partial charge in [-0.05, 0) is 37.3 Å². The average Bonchev–Trinajstić information content (AvgIpc) is 2.33. The molecule has 1 radical (unpaired) electrons. The molecule has 16 heavy (non-hydrogen) atoms. The molecular weight excluding hydrogens is 200 g/mol. The lowest BCUT2D eigenvalue weighted by Crippen LogP contribution is -1.91. The molecule has 0 aliphatic carbocycles. The van der Waals surface area contributed by atoms with Crippen LogP contribution in [0.2, 0.25) is 0 Å². The maximum atomic E-state index is 5.60. The van der Waals surface area contributed by atoms with Crippen molar-refractivity contribution in [2.45, 2.75) is 6.92 Å². The van der Waals surface area contributed by atoms with E-state index in [1.807, 2.05) is 55.5 Å². The highest BCUT2D eigenvalue weighted by molar-refractivity contribution is 5.34. The van der Waals surface area contributed by atoms with Gasteiger partial charge in [0.05, 0.1) is 6.61 Å². The Morgan fingerprint density at radius 2 is 1.75 bits per heavy atom. The highest BCUT2D eigenvalue weighted by Crippen LogP contribution is 2.22. The molecule has 2 rings (SSSR count). The molecule has 0 heterocycles. The van der Waals surface area contributed by atoms with Gasteiger partial charge in [0.2, 0.25) is 0 Å². The molecule has 0 saturated carbocycles. The molecule has 0 aromatic heterocycles. The van der Waals surface area contributed by atoms with Crippen molar-refractivity contribution in [2.24, 2.45) is 0 Å². The first-order chi connectivity index (χ1) is 7.88. The third kappa shape index (κ3) is 2.76. The Labute approximate surface area is 95.4 Å². The van der Waals surface area contributed by atoms with Crippen LogP contribution in [-0.4, -0.2) is 6.61 Å². The van der Waals surface area contributed by atoms with Crippen molar-refractivity contribution in [3.63, 3.8) is 0 Å². The number of hydrogen-bond donors (Lipinski definition) is 0. The molecule has 2 heteroatoms. The molecular formula is C14H13O2. The Kier molecular flexibility index (Phi) is 3.44. The summed E-state index contributed by atoms with van der Waals surface area (Å²) in [6, 6.07) is 18.1. The number of benzene rings is 2. The number of para-hydroxylation sites is 1. The molecule has 0 bridgehead atoms. The number of ether oxygens (including phenoxy) is 2. The maximum absolute atomic E-state index is 5.60. The molecule has 0 unspecified atom stereocenters. The molecule has 0 N–H and O–H groups in total. The first-order valence-corrected chi connectivity index (χ1v) is 5.26. The molecule has 0 aliphatic rings. The lowest BCUT2D eigenvalue weighted by molar-refractivity contribution is 0.339. The predicted molar refractivity (Wildman–Crippen MR) is 63.0 cm³/mol. The normalized spacial score (nSPS) is 9.81. The summed E-state index contributed by atoms with van der Waals surface area (Å²) in [5.41, 5.74) is 0. The van der Waals surface area contributed by atoms with Gasteiger partial charge in [0, 0.05) is 6.07 Å². The highest BCUT2D eigenvalue weighted by atomic mass is 16.5. The summed E-state index contributed by atoms with van der Waals surface area (Å²) in [4.78, 5) is 0. The monoisotopic (exact) mass is 213 g/mol. The van der Waals surface area contributed by atoms with Crippen LogP contribution in [0.4, 0.5) is 0 Å². The fourth-order valence-corrected chi connectivity index (χ4v) is 1.34. The molecule has 2 nitrogen and oxygen atoms in total. The third-order valence-electron chi connectivity index (χ3n) is 2.04. The van der Waals surface area contributed by atoms with Crippen molar-refractivity contribution in [1.82, 2.24) is 0 Å². The summed E-state index contributed by atoms with van der Waals surface area (Å²) in [6.45, 7) is 2.63. The summed E-state index contributed by atoms with van der Waals surface area (Å²) in [6.07, 6.45) is 0. The van der Waals surface area contributed by atoms with Crippen molar-refractivity contribution in [3.05, 3.63) is 54.6 Å². The Bertz CT molecular complexity index is 420. The van der Waals surface area contributed by atoms with E-state index in [4.69, 9.17) is 9.47 Å². The fourth-order valence-electron chi connectivity index (χ4n) is 1.34. The van der Waals surface area contributed by atoms with Gasteiger partial charge in [-0.3, -0.25) is 0 Å². The van der Waals surface area contributed by atoms with Crippen LogP contribution in [0.25, 0.3) is 0 Å². The minimum Gasteiger partial charge on any atom is -0.494 e. The van der Waals surface area contributed by atoms with E-state index in [0.717, 1.165) is 11.5 Å². The minimum atomic E-state index is 0.673. The number of rotatable bonds is 4. The molecule has 0 saturated heterocycles. The predicted octanol–water partition coefficient (Wildman–Crippen LogP) is 3.68. The molecule has 81 valence electrons. The Morgan fingerprint density at radius 1 is 1.00 bits per heavy atom. The summed E-state index contributed by atoms with van der Waals surface area (Å²) in [5.74, 6) is 2.35. The SMILES string of the molecule is CCOc1ccc(Oc2[c]cccc2)cc1. The molecule has 0 fully saturated rings. The van der Waals surface area contributed by atoms with Crippen LogP contribution >= 0.6 is 0 Å². The third-order valence-corrected chi connectivity index (χ3v) is 2.04. The van der Waals surface area contributed by atoms with Crippen LogP contribution < -0.4 is 9.47 Å². The second kappa shape index (κ2) is 5.21. The highest BCUT2D eigenvalue weighted by Gasteiger charge is 1.97. The van der Waals surface area contributed by atoms with E-state index in [1.165, 1.54) is 0 Å². The lowest BCUT2D eigenvalue weighted by Gasteiger charge is -2.06. The summed E-state index contributed by atoms with van der Waals surface area (Å²) >= 11 is 0. The van der Waals surface area contributed by atoms with Crippen molar-refractivity contribution in [2.75, 3.05) is 6.61 Å². The van der Waals surface area contributed by atoms with E-state index in [0.29, 0.717) is 12.4 Å². The molecule has 0 amide bonds. The number of hydrogen-bond acceptors (Lipinski definition) is 2. The van der Waals surface area contributed by atoms with E-state index >= 15 is 0 Å². The van der Waals surface area contributed by atoms with Gasteiger partial charge in [0.1, 0.15) is 17.2 Å². The first-order valence-electron chi connectivity index (χ1n) is 5.26. The summed E-state index contributed by atoms with van der Waals surface area (Å²) in [5, 5.41) is 0. The molecule has 2 aromatic carbocycles. The van der Waals surface area contributed by atoms with Gasteiger partial charge in [-0.15, -0.1) is 0 Å². The van der Waals surface area contributed by atoms with Crippen molar-refractivity contribution >= 4 is 0 Å². The quantitative estimate of drug-likeness (QED) is 0.771. The molecule has 0 spiro atoms. The van der Waals surface area contributed by atoms with Crippen molar-refractivity contribution < 1.29 is 9.47 Å². The Hall–Kier alpha value is -1.96. The molecule has 0 atom stereocenters. The van der Waals surface area contributed by atoms with Crippen LogP contribution in [0, 0.1) is 6.07 Å². The van der Waals surface area contributed by atoms with Gasteiger partial charge in [0.25, 0.3) is 0 Å². The van der Waals surface area contributed by atoms with Gasteiger partial charge in [0.15, 0.2) is 0 Å². The van der Waals surface area contributed by atoms with E-state index in [-0.39, 0.29) is 0 Å². The van der Waals surface area contributed by atoms with Crippen LogP contribution in [0.1, 0.15) is 6.92 Å². The van der Waals surface area contributed by atoms with Gasteiger partial charge in [-0.25, -0.2) is 0 Å². The second-order valence-electron chi connectivity index (χ2n) is 3.23. The van der Waals surface area contributed by atoms with E-state index in [1.54, 1.807) is 0 Å². The topological polar surface area (TPSA) is 18.5 Å². The van der Waals surface area contributed by atoms with Crippen LogP contribution in [0.5, 0.6) is 17.2 Å². The molecule has 0 aliphatic heterocycles. The smallest absolute Gasteiger partial charge is 0.135 e. The van der Waals surface area contributed by atoms with Crippen LogP contribution in [0.15, 0.2) is 48.5 Å². The molecule has 2 aromatic rings. The summed E-state index contributed by atoms with van der Waals surface area (Å²) in [7, 11) is 0. The van der Waals surface area contributed by atoms with Crippen LogP contribution in [-0.2, 0) is 0 Å². The maximum Gasteiger partial charge on any atom is 0.135 e. The minimum absolute atomic E-state index is 0.673. The zero-order chi connectivity index (χ0) is 11.2. The Balaban J connectivity index is 2.05. The standard InChI is InChI=1S/C14H13O2/c1-2-15-12-8-10-14(11-9-12)16-13-6-4-3-5-7-13/h3-6,8-11H,2H2,1H3.